The summed E-state index contributed by atoms with van der Waals surface area (Å²) in [6.07, 6.45) is 2.65. The van der Waals surface area contributed by atoms with Crippen LogP contribution in [0.15, 0.2) is 18.2 Å². The minimum atomic E-state index is 0.222. The van der Waals surface area contributed by atoms with Crippen LogP contribution in [0.4, 0.5) is 5.69 Å². The SMILES string of the molecule is CC(C)(C)C1CCC(=O)N(Cc2cc(N)ccc2Cl)CC1. The summed E-state index contributed by atoms with van der Waals surface area (Å²) >= 11 is 6.21. The van der Waals surface area contributed by atoms with Gasteiger partial charge in [0.25, 0.3) is 0 Å². The second kappa shape index (κ2) is 6.27. The Labute approximate surface area is 132 Å². The topological polar surface area (TPSA) is 46.3 Å². The van der Waals surface area contributed by atoms with E-state index in [-0.39, 0.29) is 11.3 Å². The Morgan fingerprint density at radius 1 is 1.33 bits per heavy atom. The monoisotopic (exact) mass is 308 g/mol. The van der Waals surface area contributed by atoms with Crippen molar-refractivity contribution in [2.75, 3.05) is 12.3 Å². The van der Waals surface area contributed by atoms with E-state index in [0.29, 0.717) is 29.6 Å². The number of hydrogen-bond acceptors (Lipinski definition) is 2. The average Bonchev–Trinajstić information content (AvgIpc) is 2.56. The Bertz CT molecular complexity index is 522. The number of carbonyl (C=O) groups excluding carboxylic acids is 1. The molecule has 1 aliphatic rings. The number of nitrogen functional groups attached to an aromatic ring is 1. The number of rotatable bonds is 2. The Hall–Kier alpha value is -1.22. The smallest absolute Gasteiger partial charge is 0.222 e. The highest BCUT2D eigenvalue weighted by Crippen LogP contribution is 2.35. The molecule has 1 atom stereocenters. The maximum Gasteiger partial charge on any atom is 0.222 e. The van der Waals surface area contributed by atoms with Crippen molar-refractivity contribution in [2.24, 2.45) is 11.3 Å². The van der Waals surface area contributed by atoms with E-state index in [9.17, 15) is 4.79 Å². The number of nitrogens with two attached hydrogens (primary N) is 1. The molecule has 1 saturated heterocycles. The molecule has 1 heterocycles. The maximum atomic E-state index is 12.3. The van der Waals surface area contributed by atoms with Crippen molar-refractivity contribution in [1.29, 1.82) is 0 Å². The number of halogens is 1. The Morgan fingerprint density at radius 3 is 2.71 bits per heavy atom. The van der Waals surface area contributed by atoms with Crippen molar-refractivity contribution in [3.63, 3.8) is 0 Å². The molecule has 0 spiro atoms. The van der Waals surface area contributed by atoms with Crippen LogP contribution in [0.2, 0.25) is 5.02 Å². The molecule has 0 radical (unpaired) electrons. The molecule has 1 fully saturated rings. The van der Waals surface area contributed by atoms with Crippen LogP contribution < -0.4 is 5.73 Å². The zero-order valence-electron chi connectivity index (χ0n) is 13.2. The standard InChI is InChI=1S/C17H25ClN2O/c1-17(2,3)13-4-7-16(21)20(9-8-13)11-12-10-14(19)5-6-15(12)18/h5-6,10,13H,4,7-9,11,19H2,1-3H3. The van der Waals surface area contributed by atoms with Crippen LogP contribution in [-0.4, -0.2) is 17.4 Å². The molecule has 1 aromatic carbocycles. The molecule has 2 rings (SSSR count). The number of amides is 1. The molecule has 1 amide bonds. The fourth-order valence-corrected chi connectivity index (χ4v) is 3.17. The van der Waals surface area contributed by atoms with Crippen LogP contribution >= 0.6 is 11.6 Å². The summed E-state index contributed by atoms with van der Waals surface area (Å²) in [5, 5.41) is 0.675. The van der Waals surface area contributed by atoms with Gasteiger partial charge in [-0.2, -0.15) is 0 Å². The highest BCUT2D eigenvalue weighted by atomic mass is 35.5. The van der Waals surface area contributed by atoms with E-state index < -0.39 is 0 Å². The van der Waals surface area contributed by atoms with E-state index in [1.807, 2.05) is 11.0 Å². The average molecular weight is 309 g/mol. The van der Waals surface area contributed by atoms with Crippen molar-refractivity contribution in [3.8, 4) is 0 Å². The molecule has 2 N–H and O–H groups in total. The van der Waals surface area contributed by atoms with Crippen molar-refractivity contribution in [3.05, 3.63) is 28.8 Å². The third-order valence-corrected chi connectivity index (χ3v) is 4.83. The molecule has 0 bridgehead atoms. The molecule has 1 unspecified atom stereocenters. The van der Waals surface area contributed by atoms with Crippen LogP contribution in [0.3, 0.4) is 0 Å². The van der Waals surface area contributed by atoms with Crippen LogP contribution in [0.5, 0.6) is 0 Å². The first-order valence-electron chi connectivity index (χ1n) is 7.59. The summed E-state index contributed by atoms with van der Waals surface area (Å²) in [7, 11) is 0. The Kier molecular flexibility index (Phi) is 4.82. The quantitative estimate of drug-likeness (QED) is 0.836. The summed E-state index contributed by atoms with van der Waals surface area (Å²) < 4.78 is 0. The molecule has 4 heteroatoms. The van der Waals surface area contributed by atoms with Crippen molar-refractivity contribution < 1.29 is 4.79 Å². The van der Waals surface area contributed by atoms with Gasteiger partial charge in [0.2, 0.25) is 5.91 Å². The van der Waals surface area contributed by atoms with Crippen molar-refractivity contribution in [2.45, 2.75) is 46.6 Å². The minimum Gasteiger partial charge on any atom is -0.399 e. The van der Waals surface area contributed by atoms with E-state index in [4.69, 9.17) is 17.3 Å². The largest absolute Gasteiger partial charge is 0.399 e. The summed E-state index contributed by atoms with van der Waals surface area (Å²) in [4.78, 5) is 14.3. The maximum absolute atomic E-state index is 12.3. The molecule has 3 nitrogen and oxygen atoms in total. The first-order valence-corrected chi connectivity index (χ1v) is 7.97. The number of benzene rings is 1. The molecular formula is C17H25ClN2O. The lowest BCUT2D eigenvalue weighted by Gasteiger charge is -2.29. The third-order valence-electron chi connectivity index (χ3n) is 4.46. The summed E-state index contributed by atoms with van der Waals surface area (Å²) in [5.41, 5.74) is 7.68. The first kappa shape index (κ1) is 16.2. The molecule has 0 saturated carbocycles. The van der Waals surface area contributed by atoms with E-state index in [0.717, 1.165) is 24.9 Å². The van der Waals surface area contributed by atoms with Gasteiger partial charge in [-0.25, -0.2) is 0 Å². The van der Waals surface area contributed by atoms with Gasteiger partial charge in [0.05, 0.1) is 0 Å². The van der Waals surface area contributed by atoms with Gasteiger partial charge in [0.15, 0.2) is 0 Å². The summed E-state index contributed by atoms with van der Waals surface area (Å²) in [6.45, 7) is 8.12. The van der Waals surface area contributed by atoms with Gasteiger partial charge in [0.1, 0.15) is 0 Å². The molecular weight excluding hydrogens is 284 g/mol. The van der Waals surface area contributed by atoms with Crippen LogP contribution in [0.25, 0.3) is 0 Å². The number of carbonyl (C=O) groups is 1. The van der Waals surface area contributed by atoms with Gasteiger partial charge < -0.3 is 10.6 Å². The normalized spacial score (nSPS) is 20.5. The lowest BCUT2D eigenvalue weighted by molar-refractivity contribution is -0.131. The van der Waals surface area contributed by atoms with Gasteiger partial charge in [-0.3, -0.25) is 4.79 Å². The number of anilines is 1. The number of hydrogen-bond donors (Lipinski definition) is 1. The van der Waals surface area contributed by atoms with Gasteiger partial charge in [-0.15, -0.1) is 0 Å². The second-order valence-corrected chi connectivity index (χ2v) is 7.46. The first-order chi connectivity index (χ1) is 9.77. The molecule has 1 aromatic rings. The highest BCUT2D eigenvalue weighted by molar-refractivity contribution is 6.31. The molecule has 116 valence electrons. The van der Waals surface area contributed by atoms with Gasteiger partial charge in [0, 0.05) is 30.2 Å². The van der Waals surface area contributed by atoms with Crippen LogP contribution in [0, 0.1) is 11.3 Å². The minimum absolute atomic E-state index is 0.222. The van der Waals surface area contributed by atoms with Crippen molar-refractivity contribution >= 4 is 23.2 Å². The fraction of sp³-hybridized carbons (Fsp3) is 0.588. The van der Waals surface area contributed by atoms with Crippen LogP contribution in [0.1, 0.15) is 45.6 Å². The number of likely N-dealkylation sites (tertiary alicyclic amines) is 1. The summed E-state index contributed by atoms with van der Waals surface area (Å²) in [5.74, 6) is 0.808. The lowest BCUT2D eigenvalue weighted by Crippen LogP contribution is -2.30. The molecule has 1 aliphatic heterocycles. The molecule has 21 heavy (non-hydrogen) atoms. The zero-order chi connectivity index (χ0) is 15.6. The van der Waals surface area contributed by atoms with Gasteiger partial charge >= 0.3 is 0 Å². The Morgan fingerprint density at radius 2 is 2.05 bits per heavy atom. The predicted octanol–water partition coefficient (Wildman–Crippen LogP) is 4.10. The lowest BCUT2D eigenvalue weighted by atomic mass is 9.77. The zero-order valence-corrected chi connectivity index (χ0v) is 13.9. The van der Waals surface area contributed by atoms with Gasteiger partial charge in [-0.1, -0.05) is 32.4 Å². The predicted molar refractivity (Wildman–Crippen MR) is 88.1 cm³/mol. The molecule has 0 aliphatic carbocycles. The second-order valence-electron chi connectivity index (χ2n) is 7.06. The van der Waals surface area contributed by atoms with Crippen LogP contribution in [-0.2, 0) is 11.3 Å². The Balaban J connectivity index is 2.10. The van der Waals surface area contributed by atoms with E-state index in [1.54, 1.807) is 12.1 Å². The van der Waals surface area contributed by atoms with Crippen molar-refractivity contribution in [1.82, 2.24) is 4.90 Å². The third kappa shape index (κ3) is 4.13. The highest BCUT2D eigenvalue weighted by Gasteiger charge is 2.30. The van der Waals surface area contributed by atoms with E-state index in [2.05, 4.69) is 20.8 Å². The van der Waals surface area contributed by atoms with E-state index in [1.165, 1.54) is 0 Å². The van der Waals surface area contributed by atoms with Gasteiger partial charge in [-0.05, 0) is 47.9 Å². The summed E-state index contributed by atoms with van der Waals surface area (Å²) in [6, 6.07) is 5.44. The number of nitrogens with zero attached hydrogens (tertiary/aromatic N) is 1. The molecule has 0 aromatic heterocycles. The van der Waals surface area contributed by atoms with E-state index >= 15 is 0 Å². The fourth-order valence-electron chi connectivity index (χ4n) is 2.99.